The van der Waals surface area contributed by atoms with Crippen LogP contribution in [0, 0.1) is 0 Å². The second-order valence-corrected chi connectivity index (χ2v) is 14.5. The van der Waals surface area contributed by atoms with Gasteiger partial charge in [-0.2, -0.15) is 0 Å². The molecular weight excluding hydrogens is 627 g/mol. The monoisotopic (exact) mass is 661 g/mol. The van der Waals surface area contributed by atoms with Gasteiger partial charge in [-0.25, -0.2) is 0 Å². The van der Waals surface area contributed by atoms with Crippen molar-refractivity contribution in [3.8, 4) is 33.4 Å². The number of hydrogen-bond donors (Lipinski definition) is 0. The van der Waals surface area contributed by atoms with Gasteiger partial charge in [0.05, 0.1) is 5.69 Å². The lowest BCUT2D eigenvalue weighted by Gasteiger charge is -2.30. The highest BCUT2D eigenvalue weighted by molar-refractivity contribution is 6.10. The third-order valence-electron chi connectivity index (χ3n) is 11.7. The molecule has 0 aliphatic heterocycles. The number of rotatable bonds is 5. The molecule has 0 aromatic heterocycles. The van der Waals surface area contributed by atoms with Crippen LogP contribution in [0.1, 0.15) is 24.0 Å². The summed E-state index contributed by atoms with van der Waals surface area (Å²) in [6.07, 6.45) is 2.46. The Kier molecular flexibility index (Phi) is 6.36. The molecule has 52 heavy (non-hydrogen) atoms. The van der Waals surface area contributed by atoms with Gasteiger partial charge in [-0.3, -0.25) is 0 Å². The van der Waals surface area contributed by atoms with Crippen LogP contribution in [-0.2, 0) is 5.41 Å². The number of para-hydroxylation sites is 1. The maximum atomic E-state index is 2.43. The summed E-state index contributed by atoms with van der Waals surface area (Å²) in [6, 6.07) is 69.6. The van der Waals surface area contributed by atoms with Gasteiger partial charge in [0.1, 0.15) is 0 Å². The molecule has 0 amide bonds. The molecule has 11 rings (SSSR count). The van der Waals surface area contributed by atoms with Crippen LogP contribution in [0.4, 0.5) is 17.1 Å². The molecule has 1 fully saturated rings. The first-order valence-electron chi connectivity index (χ1n) is 18.4. The second-order valence-electron chi connectivity index (χ2n) is 14.5. The van der Waals surface area contributed by atoms with E-state index in [4.69, 9.17) is 0 Å². The summed E-state index contributed by atoms with van der Waals surface area (Å²) in [5, 5.41) is 7.82. The molecular formula is C51H35N. The van der Waals surface area contributed by atoms with E-state index in [1.807, 2.05) is 0 Å². The molecule has 2 aliphatic rings. The Morgan fingerprint density at radius 2 is 1.02 bits per heavy atom. The molecule has 0 saturated heterocycles. The normalized spacial score (nSPS) is 13.8. The van der Waals surface area contributed by atoms with Gasteiger partial charge in [-0.05, 0) is 114 Å². The molecule has 0 heterocycles. The number of fused-ring (bicyclic) bond motifs is 7. The molecule has 1 heteroatoms. The van der Waals surface area contributed by atoms with Crippen molar-refractivity contribution in [2.24, 2.45) is 0 Å². The van der Waals surface area contributed by atoms with Crippen molar-refractivity contribution in [2.45, 2.75) is 18.3 Å². The molecule has 244 valence electrons. The fourth-order valence-electron chi connectivity index (χ4n) is 9.11. The SMILES string of the molecule is c1ccc(-c2ccccc2N(c2ccc(-c3ccc4c5c(cccc35)-c3ccccc3C43CC3)cc2)c2ccc3c(ccc4ccccc43)c2)cc1. The van der Waals surface area contributed by atoms with Crippen LogP contribution in [0.2, 0.25) is 0 Å². The van der Waals surface area contributed by atoms with E-state index in [2.05, 4.69) is 193 Å². The molecule has 1 spiro atoms. The minimum Gasteiger partial charge on any atom is -0.310 e. The number of nitrogens with zero attached hydrogens (tertiary/aromatic N) is 1. The van der Waals surface area contributed by atoms with Crippen molar-refractivity contribution in [1.29, 1.82) is 0 Å². The Bertz CT molecular complexity index is 2840. The van der Waals surface area contributed by atoms with E-state index in [1.54, 1.807) is 0 Å². The Morgan fingerprint density at radius 1 is 0.365 bits per heavy atom. The summed E-state index contributed by atoms with van der Waals surface area (Å²) >= 11 is 0. The van der Waals surface area contributed by atoms with Crippen molar-refractivity contribution >= 4 is 49.4 Å². The van der Waals surface area contributed by atoms with Crippen LogP contribution in [0.25, 0.3) is 65.7 Å². The quantitative estimate of drug-likeness (QED) is 0.166. The van der Waals surface area contributed by atoms with Crippen molar-refractivity contribution in [3.63, 3.8) is 0 Å². The molecule has 0 atom stereocenters. The van der Waals surface area contributed by atoms with E-state index < -0.39 is 0 Å². The first kappa shape index (κ1) is 29.3. The van der Waals surface area contributed by atoms with E-state index in [9.17, 15) is 0 Å². The average Bonchev–Trinajstić information content (AvgIpc) is 4.02. The number of anilines is 3. The third-order valence-corrected chi connectivity index (χ3v) is 11.7. The van der Waals surface area contributed by atoms with Gasteiger partial charge in [0.2, 0.25) is 0 Å². The van der Waals surface area contributed by atoms with E-state index in [0.717, 1.165) is 17.1 Å². The summed E-state index contributed by atoms with van der Waals surface area (Å²) < 4.78 is 0. The lowest BCUT2D eigenvalue weighted by atomic mass is 9.73. The minimum absolute atomic E-state index is 0.171. The predicted octanol–water partition coefficient (Wildman–Crippen LogP) is 14.0. The van der Waals surface area contributed by atoms with Gasteiger partial charge in [-0.1, -0.05) is 158 Å². The predicted molar refractivity (Wildman–Crippen MR) is 220 cm³/mol. The summed E-state index contributed by atoms with van der Waals surface area (Å²) in [4.78, 5) is 2.42. The van der Waals surface area contributed by atoms with E-state index in [-0.39, 0.29) is 5.41 Å². The smallest absolute Gasteiger partial charge is 0.0540 e. The van der Waals surface area contributed by atoms with Crippen LogP contribution < -0.4 is 4.90 Å². The fraction of sp³-hybridized carbons (Fsp3) is 0.0588. The summed E-state index contributed by atoms with van der Waals surface area (Å²) in [7, 11) is 0. The van der Waals surface area contributed by atoms with Gasteiger partial charge in [0, 0.05) is 22.4 Å². The zero-order valence-electron chi connectivity index (χ0n) is 28.8. The molecule has 9 aromatic rings. The van der Waals surface area contributed by atoms with Gasteiger partial charge in [0.25, 0.3) is 0 Å². The second kappa shape index (κ2) is 11.3. The molecule has 1 nitrogen and oxygen atoms in total. The molecule has 0 radical (unpaired) electrons. The maximum Gasteiger partial charge on any atom is 0.0540 e. The van der Waals surface area contributed by atoms with Crippen LogP contribution in [0.15, 0.2) is 188 Å². The Labute approximate surface area is 304 Å². The van der Waals surface area contributed by atoms with Gasteiger partial charge < -0.3 is 4.90 Å². The van der Waals surface area contributed by atoms with Crippen molar-refractivity contribution in [1.82, 2.24) is 0 Å². The summed E-state index contributed by atoms with van der Waals surface area (Å²) in [6.45, 7) is 0. The molecule has 0 N–H and O–H groups in total. The van der Waals surface area contributed by atoms with Gasteiger partial charge in [0.15, 0.2) is 0 Å². The average molecular weight is 662 g/mol. The zero-order valence-corrected chi connectivity index (χ0v) is 28.8. The fourth-order valence-corrected chi connectivity index (χ4v) is 9.11. The van der Waals surface area contributed by atoms with E-state index >= 15 is 0 Å². The van der Waals surface area contributed by atoms with Gasteiger partial charge in [-0.15, -0.1) is 0 Å². The Balaban J connectivity index is 1.07. The first-order valence-corrected chi connectivity index (χ1v) is 18.4. The van der Waals surface area contributed by atoms with Crippen molar-refractivity contribution < 1.29 is 0 Å². The topological polar surface area (TPSA) is 3.24 Å². The van der Waals surface area contributed by atoms with Gasteiger partial charge >= 0.3 is 0 Å². The Morgan fingerprint density at radius 3 is 1.88 bits per heavy atom. The third kappa shape index (κ3) is 4.36. The molecule has 2 aliphatic carbocycles. The van der Waals surface area contributed by atoms with Crippen LogP contribution in [0.3, 0.4) is 0 Å². The molecule has 0 unspecified atom stereocenters. The molecule has 9 aromatic carbocycles. The largest absolute Gasteiger partial charge is 0.310 e. The maximum absolute atomic E-state index is 2.43. The van der Waals surface area contributed by atoms with E-state index in [0.29, 0.717) is 0 Å². The highest BCUT2D eigenvalue weighted by Gasteiger charge is 2.50. The summed E-state index contributed by atoms with van der Waals surface area (Å²) in [5.41, 5.74) is 14.3. The lowest BCUT2D eigenvalue weighted by molar-refractivity contribution is 0.853. The zero-order chi connectivity index (χ0) is 34.2. The Hall–Kier alpha value is -6.44. The molecule has 1 saturated carbocycles. The molecule has 0 bridgehead atoms. The van der Waals surface area contributed by atoms with Crippen molar-refractivity contribution in [3.05, 3.63) is 199 Å². The lowest BCUT2D eigenvalue weighted by Crippen LogP contribution is -2.15. The van der Waals surface area contributed by atoms with Crippen molar-refractivity contribution in [2.75, 3.05) is 4.90 Å². The first-order chi connectivity index (χ1) is 25.8. The summed E-state index contributed by atoms with van der Waals surface area (Å²) in [5.74, 6) is 0. The van der Waals surface area contributed by atoms with Crippen LogP contribution >= 0.6 is 0 Å². The highest BCUT2D eigenvalue weighted by Crippen LogP contribution is 2.61. The number of benzene rings is 9. The standard InChI is InChI=1S/C51H35N/c1-2-11-34(12-3-1)43-15-7-9-20-49(43)52(39-27-28-42-37(33-39)22-21-35-13-4-5-14-40(35)42)38-25-23-36(24-26-38)41-29-30-48-50-45(41)17-10-18-46(50)44-16-6-8-19-47(44)51(48)31-32-51/h1-30,33H,31-32H2. The van der Waals surface area contributed by atoms with Crippen LogP contribution in [-0.4, -0.2) is 0 Å². The van der Waals surface area contributed by atoms with E-state index in [1.165, 1.54) is 89.7 Å². The minimum atomic E-state index is 0.171. The highest BCUT2D eigenvalue weighted by atomic mass is 15.1. The van der Waals surface area contributed by atoms with Crippen LogP contribution in [0.5, 0.6) is 0 Å². The number of hydrogen-bond acceptors (Lipinski definition) is 1.